The Bertz CT molecular complexity index is 755. The summed E-state index contributed by atoms with van der Waals surface area (Å²) in [5.41, 5.74) is 2.23. The van der Waals surface area contributed by atoms with Crippen molar-refractivity contribution >= 4 is 5.91 Å². The minimum Gasteiger partial charge on any atom is -0.491 e. The third-order valence-electron chi connectivity index (χ3n) is 5.15. The van der Waals surface area contributed by atoms with E-state index >= 15 is 0 Å². The van der Waals surface area contributed by atoms with Gasteiger partial charge in [0.25, 0.3) is 0 Å². The molecule has 1 amide bonds. The summed E-state index contributed by atoms with van der Waals surface area (Å²) in [6.45, 7) is 8.63. The fourth-order valence-corrected chi connectivity index (χ4v) is 3.90. The molecular weight excluding hydrogens is 350 g/mol. The Morgan fingerprint density at radius 1 is 1.21 bits per heavy atom. The predicted molar refractivity (Wildman–Crippen MR) is 111 cm³/mol. The van der Waals surface area contributed by atoms with Crippen molar-refractivity contribution in [2.24, 2.45) is 5.92 Å². The molecule has 3 rings (SSSR count). The molecule has 1 aliphatic rings. The average Bonchev–Trinajstić information content (AvgIpc) is 2.67. The Balaban J connectivity index is 1.59. The maximum Gasteiger partial charge on any atom is 0.217 e. The van der Waals surface area contributed by atoms with Gasteiger partial charge in [-0.15, -0.1) is 0 Å². The molecule has 0 bridgehead atoms. The van der Waals surface area contributed by atoms with Crippen LogP contribution in [0.25, 0.3) is 0 Å². The van der Waals surface area contributed by atoms with Crippen LogP contribution in [0.5, 0.6) is 5.75 Å². The van der Waals surface area contributed by atoms with Gasteiger partial charge in [0.2, 0.25) is 5.91 Å². The van der Waals surface area contributed by atoms with Crippen LogP contribution < -0.4 is 10.1 Å². The highest BCUT2D eigenvalue weighted by Crippen LogP contribution is 2.30. The molecular formula is C23H31N3O2. The summed E-state index contributed by atoms with van der Waals surface area (Å²) in [6.07, 6.45) is 4.07. The lowest BCUT2D eigenvalue weighted by Gasteiger charge is -2.36. The molecule has 0 unspecified atom stereocenters. The second-order valence-electron chi connectivity index (χ2n) is 7.86. The first-order chi connectivity index (χ1) is 13.5. The summed E-state index contributed by atoms with van der Waals surface area (Å²) >= 11 is 0. The van der Waals surface area contributed by atoms with Crippen molar-refractivity contribution in [2.75, 3.05) is 13.1 Å². The van der Waals surface area contributed by atoms with Crippen LogP contribution in [0, 0.1) is 5.92 Å². The molecule has 1 aliphatic heterocycles. The fourth-order valence-electron chi connectivity index (χ4n) is 3.90. The zero-order valence-corrected chi connectivity index (χ0v) is 17.1. The highest BCUT2D eigenvalue weighted by atomic mass is 16.5. The summed E-state index contributed by atoms with van der Waals surface area (Å²) in [6, 6.07) is 14.3. The highest BCUT2D eigenvalue weighted by molar-refractivity contribution is 5.73. The Kier molecular flexibility index (Phi) is 7.04. The zero-order chi connectivity index (χ0) is 19.9. The molecule has 1 atom stereocenters. The minimum atomic E-state index is -0.0105. The lowest BCUT2D eigenvalue weighted by molar-refractivity contribution is -0.120. The van der Waals surface area contributed by atoms with E-state index in [9.17, 15) is 4.79 Å². The second-order valence-corrected chi connectivity index (χ2v) is 7.86. The van der Waals surface area contributed by atoms with E-state index in [2.05, 4.69) is 33.4 Å². The molecule has 2 heterocycles. The van der Waals surface area contributed by atoms with Crippen LogP contribution >= 0.6 is 0 Å². The second kappa shape index (κ2) is 9.69. The van der Waals surface area contributed by atoms with Crippen molar-refractivity contribution in [1.82, 2.24) is 15.2 Å². The SMILES string of the molecule is CC(=O)N[C@H](c1ccccn1)C1CCN(Cc2cccc(OC(C)C)c2)CC1. The first-order valence-corrected chi connectivity index (χ1v) is 10.2. The van der Waals surface area contributed by atoms with Crippen LogP contribution in [0.3, 0.4) is 0 Å². The van der Waals surface area contributed by atoms with Gasteiger partial charge in [0.05, 0.1) is 17.8 Å². The van der Waals surface area contributed by atoms with E-state index in [4.69, 9.17) is 4.74 Å². The van der Waals surface area contributed by atoms with Crippen LogP contribution in [0.15, 0.2) is 48.7 Å². The molecule has 1 aromatic heterocycles. The molecule has 28 heavy (non-hydrogen) atoms. The molecule has 0 radical (unpaired) electrons. The number of hydrogen-bond acceptors (Lipinski definition) is 4. The number of hydrogen-bond donors (Lipinski definition) is 1. The summed E-state index contributed by atoms with van der Waals surface area (Å²) in [7, 11) is 0. The van der Waals surface area contributed by atoms with Crippen LogP contribution in [0.1, 0.15) is 50.9 Å². The third kappa shape index (κ3) is 5.80. The van der Waals surface area contributed by atoms with Crippen LogP contribution in [0.2, 0.25) is 0 Å². The smallest absolute Gasteiger partial charge is 0.217 e. The van der Waals surface area contributed by atoms with E-state index in [0.29, 0.717) is 5.92 Å². The van der Waals surface area contributed by atoms with E-state index in [1.165, 1.54) is 5.56 Å². The zero-order valence-electron chi connectivity index (χ0n) is 17.1. The van der Waals surface area contributed by atoms with Gasteiger partial charge in [0.1, 0.15) is 5.75 Å². The Hall–Kier alpha value is -2.40. The predicted octanol–water partition coefficient (Wildman–Crippen LogP) is 3.96. The monoisotopic (exact) mass is 381 g/mol. The van der Waals surface area contributed by atoms with E-state index in [-0.39, 0.29) is 18.1 Å². The molecule has 1 fully saturated rings. The Morgan fingerprint density at radius 3 is 2.64 bits per heavy atom. The van der Waals surface area contributed by atoms with Gasteiger partial charge in [-0.1, -0.05) is 18.2 Å². The van der Waals surface area contributed by atoms with Gasteiger partial charge in [-0.2, -0.15) is 0 Å². The Morgan fingerprint density at radius 2 is 2.00 bits per heavy atom. The number of amides is 1. The van der Waals surface area contributed by atoms with Crippen molar-refractivity contribution < 1.29 is 9.53 Å². The van der Waals surface area contributed by atoms with Gasteiger partial charge < -0.3 is 10.1 Å². The van der Waals surface area contributed by atoms with E-state index in [1.807, 2.05) is 38.1 Å². The largest absolute Gasteiger partial charge is 0.491 e. The first kappa shape index (κ1) is 20.3. The summed E-state index contributed by atoms with van der Waals surface area (Å²) in [5, 5.41) is 3.12. The molecule has 0 spiro atoms. The lowest BCUT2D eigenvalue weighted by Crippen LogP contribution is -2.40. The van der Waals surface area contributed by atoms with E-state index in [1.54, 1.807) is 13.1 Å². The number of rotatable bonds is 7. The number of ether oxygens (including phenoxy) is 1. The van der Waals surface area contributed by atoms with Gasteiger partial charge in [0, 0.05) is 19.7 Å². The van der Waals surface area contributed by atoms with Gasteiger partial charge in [-0.3, -0.25) is 14.7 Å². The van der Waals surface area contributed by atoms with Crippen molar-refractivity contribution in [3.63, 3.8) is 0 Å². The number of likely N-dealkylation sites (tertiary alicyclic amines) is 1. The number of carbonyl (C=O) groups is 1. The van der Waals surface area contributed by atoms with Crippen LogP contribution in [-0.4, -0.2) is 35.0 Å². The van der Waals surface area contributed by atoms with Gasteiger partial charge in [-0.25, -0.2) is 0 Å². The van der Waals surface area contributed by atoms with Gasteiger partial charge >= 0.3 is 0 Å². The number of nitrogens with zero attached hydrogens (tertiary/aromatic N) is 2. The fraction of sp³-hybridized carbons (Fsp3) is 0.478. The van der Waals surface area contributed by atoms with Crippen molar-refractivity contribution in [3.05, 3.63) is 59.9 Å². The average molecular weight is 382 g/mol. The van der Waals surface area contributed by atoms with Crippen molar-refractivity contribution in [3.8, 4) is 5.75 Å². The molecule has 0 aliphatic carbocycles. The molecule has 0 saturated carbocycles. The van der Waals surface area contributed by atoms with E-state index < -0.39 is 0 Å². The molecule has 5 nitrogen and oxygen atoms in total. The molecule has 2 aromatic rings. The molecule has 1 saturated heterocycles. The minimum absolute atomic E-state index is 0.0000464. The quantitative estimate of drug-likeness (QED) is 0.789. The number of aromatic nitrogens is 1. The molecule has 150 valence electrons. The van der Waals surface area contributed by atoms with Crippen molar-refractivity contribution in [2.45, 2.75) is 52.3 Å². The first-order valence-electron chi connectivity index (χ1n) is 10.2. The summed E-state index contributed by atoms with van der Waals surface area (Å²) < 4.78 is 5.81. The summed E-state index contributed by atoms with van der Waals surface area (Å²) in [4.78, 5) is 18.7. The highest BCUT2D eigenvalue weighted by Gasteiger charge is 2.29. The standard InChI is InChI=1S/C23H31N3O2/c1-17(2)28-21-8-6-7-19(15-21)16-26-13-10-20(11-14-26)23(25-18(3)27)22-9-4-5-12-24-22/h4-9,12,15,17,20,23H,10-11,13-14,16H2,1-3H3,(H,25,27)/t23-/m0/s1. The number of nitrogens with one attached hydrogen (secondary N) is 1. The van der Waals surface area contributed by atoms with Gasteiger partial charge in [0.15, 0.2) is 0 Å². The maximum absolute atomic E-state index is 11.7. The Labute approximate surface area is 168 Å². The van der Waals surface area contributed by atoms with Crippen molar-refractivity contribution in [1.29, 1.82) is 0 Å². The lowest BCUT2D eigenvalue weighted by atomic mass is 9.87. The third-order valence-corrected chi connectivity index (χ3v) is 5.15. The van der Waals surface area contributed by atoms with Gasteiger partial charge in [-0.05, 0) is 75.5 Å². The van der Waals surface area contributed by atoms with Crippen LogP contribution in [-0.2, 0) is 11.3 Å². The van der Waals surface area contributed by atoms with E-state index in [0.717, 1.165) is 43.9 Å². The molecule has 5 heteroatoms. The maximum atomic E-state index is 11.7. The normalized spacial score (nSPS) is 16.7. The number of piperidine rings is 1. The molecule has 1 N–H and O–H groups in total. The number of pyridine rings is 1. The number of carbonyl (C=O) groups excluding carboxylic acids is 1. The van der Waals surface area contributed by atoms with Crippen LogP contribution in [0.4, 0.5) is 0 Å². The molecule has 1 aromatic carbocycles. The number of benzene rings is 1. The topological polar surface area (TPSA) is 54.5 Å². The summed E-state index contributed by atoms with van der Waals surface area (Å²) in [5.74, 6) is 1.34.